The molecule has 1 saturated heterocycles. The lowest BCUT2D eigenvalue weighted by molar-refractivity contribution is -0.138. The van der Waals surface area contributed by atoms with Gasteiger partial charge in [-0.05, 0) is 53.7 Å². The third-order valence-corrected chi connectivity index (χ3v) is 4.74. The van der Waals surface area contributed by atoms with E-state index in [9.17, 15) is 18.4 Å². The van der Waals surface area contributed by atoms with Gasteiger partial charge in [0.25, 0.3) is 0 Å². The molecule has 2 aromatic rings. The maximum atomic E-state index is 13.3. The summed E-state index contributed by atoms with van der Waals surface area (Å²) >= 11 is 3.03. The van der Waals surface area contributed by atoms with Crippen LogP contribution in [0.25, 0.3) is 10.9 Å². The minimum atomic E-state index is -4.51. The summed E-state index contributed by atoms with van der Waals surface area (Å²) in [5.74, 6) is 0. The van der Waals surface area contributed by atoms with Crippen LogP contribution < -0.4 is 0 Å². The van der Waals surface area contributed by atoms with Gasteiger partial charge in [0.05, 0.1) is 16.5 Å². The molecule has 1 atom stereocenters. The molecule has 1 aromatic heterocycles. The lowest BCUT2D eigenvalue weighted by Crippen LogP contribution is -2.19. The van der Waals surface area contributed by atoms with Crippen molar-refractivity contribution in [2.24, 2.45) is 0 Å². The zero-order valence-electron chi connectivity index (χ0n) is 12.2. The Kier molecular flexibility index (Phi) is 4.10. The molecule has 0 spiro atoms. The van der Waals surface area contributed by atoms with Crippen molar-refractivity contribution in [3.63, 3.8) is 0 Å². The van der Waals surface area contributed by atoms with Gasteiger partial charge in [-0.25, -0.2) is 4.68 Å². The normalized spacial score (nSPS) is 19.0. The molecule has 8 heteroatoms. The molecule has 2 heterocycles. The summed E-state index contributed by atoms with van der Waals surface area (Å²) < 4.78 is 46.9. The number of fused-ring (bicyclic) bond motifs is 1. The number of alkyl halides is 3. The van der Waals surface area contributed by atoms with E-state index in [0.29, 0.717) is 12.1 Å². The fraction of sp³-hybridized carbons (Fsp3) is 0.467. The highest BCUT2D eigenvalue weighted by atomic mass is 79.9. The highest BCUT2D eigenvalue weighted by Crippen LogP contribution is 2.42. The van der Waals surface area contributed by atoms with Crippen LogP contribution in [0.1, 0.15) is 42.3 Å². The molecule has 122 valence electrons. The van der Waals surface area contributed by atoms with Gasteiger partial charge in [0.1, 0.15) is 6.07 Å². The first kappa shape index (κ1) is 16.3. The molecular weight excluding hydrogens is 375 g/mol. The molecule has 0 bridgehead atoms. The Morgan fingerprint density at radius 2 is 2.17 bits per heavy atom. The molecule has 0 amide bonds. The Morgan fingerprint density at radius 1 is 1.43 bits per heavy atom. The molecule has 1 aromatic carbocycles. The van der Waals surface area contributed by atoms with Gasteiger partial charge >= 0.3 is 6.18 Å². The molecule has 0 saturated carbocycles. The highest BCUT2D eigenvalue weighted by molar-refractivity contribution is 9.10. The summed E-state index contributed by atoms with van der Waals surface area (Å²) in [6.45, 7) is 1.98. The fourth-order valence-corrected chi connectivity index (χ4v) is 3.87. The summed E-state index contributed by atoms with van der Waals surface area (Å²) in [6.07, 6.45) is -2.24. The first-order valence-electron chi connectivity index (χ1n) is 7.14. The molecule has 0 N–H and O–H groups in total. The van der Waals surface area contributed by atoms with Gasteiger partial charge in [-0.15, -0.1) is 0 Å². The molecule has 4 nitrogen and oxygen atoms in total. The monoisotopic (exact) mass is 387 g/mol. The quantitative estimate of drug-likeness (QED) is 0.712. The zero-order valence-corrected chi connectivity index (χ0v) is 13.8. The van der Waals surface area contributed by atoms with E-state index >= 15 is 0 Å². The van der Waals surface area contributed by atoms with Crippen LogP contribution in [-0.2, 0) is 10.9 Å². The SMILES string of the molecule is Cc1cc2c(c(C#N)nn2C2CCCCO2)c(Br)c1C(F)(F)F. The van der Waals surface area contributed by atoms with Gasteiger partial charge in [-0.2, -0.15) is 23.5 Å². The predicted octanol–water partition coefficient (Wildman–Crippen LogP) is 4.70. The summed E-state index contributed by atoms with van der Waals surface area (Å²) in [5.41, 5.74) is -0.249. The second kappa shape index (κ2) is 5.80. The maximum absolute atomic E-state index is 13.3. The zero-order chi connectivity index (χ0) is 16.8. The van der Waals surface area contributed by atoms with E-state index in [1.807, 2.05) is 6.07 Å². The largest absolute Gasteiger partial charge is 0.417 e. The predicted molar refractivity (Wildman–Crippen MR) is 80.7 cm³/mol. The minimum Gasteiger partial charge on any atom is -0.356 e. The summed E-state index contributed by atoms with van der Waals surface area (Å²) in [7, 11) is 0. The van der Waals surface area contributed by atoms with E-state index < -0.39 is 11.7 Å². The number of halogens is 4. The Balaban J connectivity index is 2.29. The number of nitriles is 1. The van der Waals surface area contributed by atoms with Crippen molar-refractivity contribution in [3.8, 4) is 6.07 Å². The van der Waals surface area contributed by atoms with Crippen molar-refractivity contribution < 1.29 is 17.9 Å². The van der Waals surface area contributed by atoms with Crippen molar-refractivity contribution in [2.45, 2.75) is 38.6 Å². The first-order valence-corrected chi connectivity index (χ1v) is 7.94. The molecule has 1 aliphatic heterocycles. The van der Waals surface area contributed by atoms with Gasteiger partial charge in [0.2, 0.25) is 0 Å². The summed E-state index contributed by atoms with van der Waals surface area (Å²) in [5, 5.41) is 13.6. The maximum Gasteiger partial charge on any atom is 0.417 e. The summed E-state index contributed by atoms with van der Waals surface area (Å²) in [4.78, 5) is 0. The molecule has 23 heavy (non-hydrogen) atoms. The van der Waals surface area contributed by atoms with Crippen LogP contribution in [0.5, 0.6) is 0 Å². The van der Waals surface area contributed by atoms with Crippen LogP contribution in [0, 0.1) is 18.3 Å². The Hall–Kier alpha value is -1.59. The average molecular weight is 388 g/mol. The Labute approximate surface area is 139 Å². The Bertz CT molecular complexity index is 801. The number of ether oxygens (including phenoxy) is 1. The van der Waals surface area contributed by atoms with E-state index in [-0.39, 0.29) is 27.3 Å². The van der Waals surface area contributed by atoms with Crippen LogP contribution in [0.4, 0.5) is 13.2 Å². The van der Waals surface area contributed by atoms with Gasteiger partial charge in [-0.1, -0.05) is 0 Å². The fourth-order valence-electron chi connectivity index (χ4n) is 2.94. The van der Waals surface area contributed by atoms with Crippen molar-refractivity contribution in [2.75, 3.05) is 6.61 Å². The van der Waals surface area contributed by atoms with Crippen LogP contribution in [-0.4, -0.2) is 16.4 Å². The molecule has 1 fully saturated rings. The lowest BCUT2D eigenvalue weighted by Gasteiger charge is -2.23. The second-order valence-corrected chi connectivity index (χ2v) is 6.29. The topological polar surface area (TPSA) is 50.8 Å². The smallest absolute Gasteiger partial charge is 0.356 e. The van der Waals surface area contributed by atoms with Gasteiger partial charge < -0.3 is 4.74 Å². The van der Waals surface area contributed by atoms with Crippen LogP contribution in [0.2, 0.25) is 0 Å². The second-order valence-electron chi connectivity index (χ2n) is 5.50. The van der Waals surface area contributed by atoms with Gasteiger partial charge in [0, 0.05) is 11.1 Å². The lowest BCUT2D eigenvalue weighted by atomic mass is 10.0. The number of aryl methyl sites for hydroxylation is 1. The third-order valence-electron chi connectivity index (χ3n) is 3.95. The summed E-state index contributed by atoms with van der Waals surface area (Å²) in [6, 6.07) is 3.31. The number of hydrogen-bond acceptors (Lipinski definition) is 3. The first-order chi connectivity index (χ1) is 10.8. The molecule has 3 rings (SSSR count). The van der Waals surface area contributed by atoms with E-state index in [1.165, 1.54) is 17.7 Å². The average Bonchev–Trinajstić information content (AvgIpc) is 2.85. The molecule has 0 radical (unpaired) electrons. The van der Waals surface area contributed by atoms with Crippen molar-refractivity contribution in [1.82, 2.24) is 9.78 Å². The standard InChI is InChI=1S/C15H13BrF3N3O/c1-8-6-10-12(14(16)13(8)15(17,18)19)9(7-20)21-22(10)11-4-2-3-5-23-11/h6,11H,2-5H2,1H3. The number of aromatic nitrogens is 2. The van der Waals surface area contributed by atoms with E-state index in [2.05, 4.69) is 21.0 Å². The molecule has 0 aliphatic carbocycles. The number of benzene rings is 1. The van der Waals surface area contributed by atoms with Crippen LogP contribution in [0.3, 0.4) is 0 Å². The molecular formula is C15H13BrF3N3O. The number of hydrogen-bond donors (Lipinski definition) is 0. The van der Waals surface area contributed by atoms with E-state index in [0.717, 1.165) is 19.3 Å². The van der Waals surface area contributed by atoms with Crippen molar-refractivity contribution in [1.29, 1.82) is 5.26 Å². The molecule has 1 aliphatic rings. The Morgan fingerprint density at radius 3 is 2.74 bits per heavy atom. The van der Waals surface area contributed by atoms with E-state index in [4.69, 9.17) is 4.74 Å². The number of rotatable bonds is 1. The van der Waals surface area contributed by atoms with Crippen LogP contribution in [0.15, 0.2) is 10.5 Å². The van der Waals surface area contributed by atoms with E-state index in [1.54, 1.807) is 0 Å². The molecule has 1 unspecified atom stereocenters. The van der Waals surface area contributed by atoms with Crippen LogP contribution >= 0.6 is 15.9 Å². The third kappa shape index (κ3) is 2.72. The van der Waals surface area contributed by atoms with Crippen molar-refractivity contribution in [3.05, 3.63) is 27.4 Å². The number of nitrogens with zero attached hydrogens (tertiary/aromatic N) is 3. The highest BCUT2D eigenvalue weighted by Gasteiger charge is 2.37. The minimum absolute atomic E-state index is 0.0356. The van der Waals surface area contributed by atoms with Gasteiger partial charge in [0.15, 0.2) is 11.9 Å². The van der Waals surface area contributed by atoms with Gasteiger partial charge in [-0.3, -0.25) is 0 Å². The van der Waals surface area contributed by atoms with Crippen molar-refractivity contribution >= 4 is 26.8 Å².